The van der Waals surface area contributed by atoms with Crippen LogP contribution >= 0.6 is 11.3 Å². The number of thiazole rings is 1. The zero-order chi connectivity index (χ0) is 31.6. The number of ether oxygens (including phenoxy) is 1. The maximum absolute atomic E-state index is 13.2. The van der Waals surface area contributed by atoms with Crippen LogP contribution < -0.4 is 9.54 Å². The summed E-state index contributed by atoms with van der Waals surface area (Å²) in [6.45, 7) is 10.3. The molecule has 2 aromatic heterocycles. The SMILES string of the molecule is CCC(CC(=O)N=c1scc(C)n1-c1c(C)cc(C)cc1C)c1ccc(-c2ncn(-c3ccc(OC(F)(F)F)cc3)n2)cc1. The molecule has 0 saturated carbocycles. The van der Waals surface area contributed by atoms with Crippen molar-refractivity contribution in [1.29, 1.82) is 0 Å². The van der Waals surface area contributed by atoms with Crippen LogP contribution in [0.2, 0.25) is 0 Å². The average molecular weight is 620 g/mol. The summed E-state index contributed by atoms with van der Waals surface area (Å²) in [5, 5.41) is 6.49. The molecule has 0 fully saturated rings. The van der Waals surface area contributed by atoms with Gasteiger partial charge in [-0.05, 0) is 81.0 Å². The van der Waals surface area contributed by atoms with Crippen LogP contribution in [0.1, 0.15) is 53.6 Å². The number of aryl methyl sites for hydroxylation is 4. The number of aromatic nitrogens is 4. The molecule has 5 rings (SSSR count). The van der Waals surface area contributed by atoms with E-state index in [1.807, 2.05) is 36.6 Å². The van der Waals surface area contributed by atoms with Crippen LogP contribution in [0.5, 0.6) is 5.75 Å². The highest BCUT2D eigenvalue weighted by atomic mass is 32.1. The van der Waals surface area contributed by atoms with Gasteiger partial charge in [0.05, 0.1) is 11.4 Å². The van der Waals surface area contributed by atoms with Crippen LogP contribution in [-0.4, -0.2) is 31.6 Å². The lowest BCUT2D eigenvalue weighted by Gasteiger charge is -2.15. The first-order valence-electron chi connectivity index (χ1n) is 14.1. The van der Waals surface area contributed by atoms with Gasteiger partial charge in [0.1, 0.15) is 12.1 Å². The predicted octanol–water partition coefficient (Wildman–Crippen LogP) is 7.93. The summed E-state index contributed by atoms with van der Waals surface area (Å²) in [5.74, 6) is -0.0349. The first-order valence-corrected chi connectivity index (χ1v) is 15.0. The van der Waals surface area contributed by atoms with E-state index in [1.165, 1.54) is 52.2 Å². The quantitative estimate of drug-likeness (QED) is 0.177. The highest BCUT2D eigenvalue weighted by molar-refractivity contribution is 7.07. The van der Waals surface area contributed by atoms with E-state index in [0.717, 1.165) is 40.1 Å². The van der Waals surface area contributed by atoms with Crippen LogP contribution in [-0.2, 0) is 4.79 Å². The smallest absolute Gasteiger partial charge is 0.406 e. The van der Waals surface area contributed by atoms with Crippen molar-refractivity contribution in [1.82, 2.24) is 19.3 Å². The van der Waals surface area contributed by atoms with Gasteiger partial charge in [-0.3, -0.25) is 9.36 Å². The van der Waals surface area contributed by atoms with Gasteiger partial charge >= 0.3 is 6.36 Å². The fraction of sp³-hybridized carbons (Fsp3) is 0.273. The Labute approximate surface area is 257 Å². The minimum absolute atomic E-state index is 0.0133. The highest BCUT2D eigenvalue weighted by Gasteiger charge is 2.31. The van der Waals surface area contributed by atoms with Crippen molar-refractivity contribution in [2.75, 3.05) is 0 Å². The first kappa shape index (κ1) is 30.9. The number of halogens is 3. The first-order chi connectivity index (χ1) is 20.9. The largest absolute Gasteiger partial charge is 0.573 e. The summed E-state index contributed by atoms with van der Waals surface area (Å²) in [7, 11) is 0. The van der Waals surface area contributed by atoms with Gasteiger partial charge in [0, 0.05) is 23.1 Å². The molecule has 1 amide bonds. The van der Waals surface area contributed by atoms with E-state index >= 15 is 0 Å². The zero-order valence-corrected chi connectivity index (χ0v) is 25.8. The van der Waals surface area contributed by atoms with Crippen molar-refractivity contribution in [3.8, 4) is 28.5 Å². The van der Waals surface area contributed by atoms with Crippen molar-refractivity contribution in [2.24, 2.45) is 4.99 Å². The van der Waals surface area contributed by atoms with Crippen LogP contribution in [0.25, 0.3) is 22.8 Å². The molecule has 1 atom stereocenters. The lowest BCUT2D eigenvalue weighted by molar-refractivity contribution is -0.274. The molecule has 0 saturated heterocycles. The molecular formula is C33H32F3N5O2S. The van der Waals surface area contributed by atoms with Crippen molar-refractivity contribution < 1.29 is 22.7 Å². The fourth-order valence-corrected chi connectivity index (χ4v) is 6.23. The Kier molecular flexibility index (Phi) is 8.87. The molecule has 228 valence electrons. The third kappa shape index (κ3) is 6.99. The summed E-state index contributed by atoms with van der Waals surface area (Å²) in [4.78, 5) is 22.8. The van der Waals surface area contributed by atoms with Gasteiger partial charge in [-0.2, -0.15) is 4.99 Å². The van der Waals surface area contributed by atoms with Gasteiger partial charge in [-0.25, -0.2) is 9.67 Å². The van der Waals surface area contributed by atoms with Gasteiger partial charge < -0.3 is 4.74 Å². The Bertz CT molecular complexity index is 1830. The molecule has 0 bridgehead atoms. The maximum atomic E-state index is 13.2. The minimum atomic E-state index is -4.75. The summed E-state index contributed by atoms with van der Waals surface area (Å²) in [5.41, 5.74) is 7.89. The summed E-state index contributed by atoms with van der Waals surface area (Å²) < 4.78 is 44.8. The Morgan fingerprint density at radius 3 is 2.27 bits per heavy atom. The number of amides is 1. The third-order valence-electron chi connectivity index (χ3n) is 7.34. The molecule has 0 spiro atoms. The highest BCUT2D eigenvalue weighted by Crippen LogP contribution is 2.28. The second-order valence-electron chi connectivity index (χ2n) is 10.7. The standard InChI is InChI=1S/C33H32F3N5O2S/c1-6-24(17-29(42)38-32-41(23(5)18-44-32)30-21(3)15-20(2)16-22(30)4)25-7-9-26(10-8-25)31-37-19-40(39-31)27-11-13-28(14-12-27)43-33(34,35)36/h7-16,18-19,24H,6,17H2,1-5H3. The molecule has 0 radical (unpaired) electrons. The van der Waals surface area contributed by atoms with E-state index in [1.54, 1.807) is 0 Å². The monoisotopic (exact) mass is 619 g/mol. The molecule has 5 aromatic rings. The van der Waals surface area contributed by atoms with Gasteiger partial charge in [0.2, 0.25) is 5.91 Å². The second-order valence-corrected chi connectivity index (χ2v) is 11.6. The minimum Gasteiger partial charge on any atom is -0.406 e. The third-order valence-corrected chi connectivity index (χ3v) is 8.28. The van der Waals surface area contributed by atoms with Crippen LogP contribution in [0.15, 0.2) is 77.4 Å². The maximum Gasteiger partial charge on any atom is 0.573 e. The molecule has 7 nitrogen and oxygen atoms in total. The molecule has 1 unspecified atom stereocenters. The van der Waals surface area contributed by atoms with E-state index in [0.29, 0.717) is 16.3 Å². The van der Waals surface area contributed by atoms with Crippen LogP contribution in [0, 0.1) is 27.7 Å². The number of benzene rings is 3. The van der Waals surface area contributed by atoms with E-state index < -0.39 is 6.36 Å². The van der Waals surface area contributed by atoms with Gasteiger partial charge in [-0.15, -0.1) is 29.6 Å². The van der Waals surface area contributed by atoms with Gasteiger partial charge in [-0.1, -0.05) is 48.9 Å². The molecule has 0 aliphatic heterocycles. The molecule has 0 aliphatic carbocycles. The molecule has 0 N–H and O–H groups in total. The molecule has 2 heterocycles. The second kappa shape index (κ2) is 12.6. The van der Waals surface area contributed by atoms with E-state index in [-0.39, 0.29) is 24.0 Å². The Morgan fingerprint density at radius 2 is 1.66 bits per heavy atom. The average Bonchev–Trinajstić information content (AvgIpc) is 3.59. The van der Waals surface area contributed by atoms with Gasteiger partial charge in [0.15, 0.2) is 10.6 Å². The zero-order valence-electron chi connectivity index (χ0n) is 25.0. The van der Waals surface area contributed by atoms with Gasteiger partial charge in [0.25, 0.3) is 0 Å². The molecular weight excluding hydrogens is 587 g/mol. The number of alkyl halides is 3. The molecule has 0 aliphatic rings. The summed E-state index contributed by atoms with van der Waals surface area (Å²) >= 11 is 1.46. The Morgan fingerprint density at radius 1 is 1.00 bits per heavy atom. The van der Waals surface area contributed by atoms with Crippen molar-refractivity contribution >= 4 is 17.2 Å². The Hall–Kier alpha value is -4.51. The topological polar surface area (TPSA) is 74.3 Å². The number of carbonyl (C=O) groups excluding carboxylic acids is 1. The lowest BCUT2D eigenvalue weighted by atomic mass is 9.92. The number of rotatable bonds is 8. The lowest BCUT2D eigenvalue weighted by Crippen LogP contribution is -2.19. The van der Waals surface area contributed by atoms with Crippen LogP contribution in [0.3, 0.4) is 0 Å². The van der Waals surface area contributed by atoms with Crippen molar-refractivity contribution in [3.63, 3.8) is 0 Å². The number of nitrogens with zero attached hydrogens (tertiary/aromatic N) is 5. The molecule has 3 aromatic carbocycles. The number of hydrogen-bond donors (Lipinski definition) is 0. The number of hydrogen-bond acceptors (Lipinski definition) is 5. The summed E-state index contributed by atoms with van der Waals surface area (Å²) in [6.07, 6.45) is -2.21. The van der Waals surface area contributed by atoms with E-state index in [9.17, 15) is 18.0 Å². The summed E-state index contributed by atoms with van der Waals surface area (Å²) in [6, 6.07) is 17.4. The molecule has 11 heteroatoms. The number of carbonyl (C=O) groups is 1. The fourth-order valence-electron chi connectivity index (χ4n) is 5.35. The normalized spacial score (nSPS) is 12.9. The van der Waals surface area contributed by atoms with E-state index in [2.05, 4.69) is 64.2 Å². The van der Waals surface area contributed by atoms with Crippen molar-refractivity contribution in [3.05, 3.63) is 105 Å². The van der Waals surface area contributed by atoms with E-state index in [4.69, 9.17) is 0 Å². The van der Waals surface area contributed by atoms with Crippen LogP contribution in [0.4, 0.5) is 13.2 Å². The van der Waals surface area contributed by atoms with Crippen molar-refractivity contribution in [2.45, 2.75) is 59.7 Å². The Balaban J connectivity index is 1.31. The molecule has 44 heavy (non-hydrogen) atoms. The predicted molar refractivity (Wildman–Crippen MR) is 164 cm³/mol.